The highest BCUT2D eigenvalue weighted by atomic mass is 16.4. The molecule has 0 spiro atoms. The fraction of sp³-hybridized carbons (Fsp3) is 0.167. The molecule has 0 aliphatic heterocycles. The van der Waals surface area contributed by atoms with Crippen molar-refractivity contribution in [1.29, 1.82) is 0 Å². The maximum absolute atomic E-state index is 12.5. The van der Waals surface area contributed by atoms with E-state index in [0.717, 1.165) is 22.2 Å². The summed E-state index contributed by atoms with van der Waals surface area (Å²) in [6.45, 7) is 4.33. The number of aromatic carboxylic acids is 1. The number of carboxylic acids is 1. The molecule has 0 aliphatic carbocycles. The Morgan fingerprint density at radius 2 is 1.91 bits per heavy atom. The van der Waals surface area contributed by atoms with E-state index < -0.39 is 11.4 Å². The van der Waals surface area contributed by atoms with Crippen LogP contribution in [0.2, 0.25) is 0 Å². The van der Waals surface area contributed by atoms with E-state index in [-0.39, 0.29) is 5.56 Å². The molecule has 0 aliphatic rings. The van der Waals surface area contributed by atoms with Crippen LogP contribution in [0.4, 0.5) is 0 Å². The smallest absolute Gasteiger partial charge is 0.341 e. The largest absolute Gasteiger partial charge is 0.477 e. The Balaban J connectivity index is 2.40. The third-order valence-corrected chi connectivity index (χ3v) is 3.97. The molecule has 0 saturated carbocycles. The van der Waals surface area contributed by atoms with E-state index >= 15 is 0 Å². The quantitative estimate of drug-likeness (QED) is 0.807. The molecule has 2 heterocycles. The summed E-state index contributed by atoms with van der Waals surface area (Å²) < 4.78 is 1.80. The predicted octanol–water partition coefficient (Wildman–Crippen LogP) is 3.09. The number of carbonyl (C=O) groups is 1. The molecule has 0 atom stereocenters. The van der Waals surface area contributed by atoms with Crippen molar-refractivity contribution < 1.29 is 9.90 Å². The molecule has 1 aromatic carbocycles. The summed E-state index contributed by atoms with van der Waals surface area (Å²) in [5, 5.41) is 9.71. The zero-order valence-electron chi connectivity index (χ0n) is 12.9. The van der Waals surface area contributed by atoms with Crippen molar-refractivity contribution in [2.24, 2.45) is 0 Å². The number of rotatable bonds is 3. The molecule has 0 unspecified atom stereocenters. The summed E-state index contributed by atoms with van der Waals surface area (Å²) in [5.74, 6) is -1.20. The fourth-order valence-corrected chi connectivity index (χ4v) is 2.83. The SMILES string of the molecule is CCn1cc(C(=O)O)c(=O)c2c(C)cc(-c3ccncc3)cc21. The van der Waals surface area contributed by atoms with Crippen molar-refractivity contribution >= 4 is 16.9 Å². The fourth-order valence-electron chi connectivity index (χ4n) is 2.83. The van der Waals surface area contributed by atoms with Gasteiger partial charge in [-0.1, -0.05) is 6.07 Å². The van der Waals surface area contributed by atoms with E-state index in [1.54, 1.807) is 17.0 Å². The van der Waals surface area contributed by atoms with Crippen LogP contribution in [0.15, 0.2) is 47.7 Å². The molecule has 5 heteroatoms. The Hall–Kier alpha value is -2.95. The lowest BCUT2D eigenvalue weighted by Gasteiger charge is -2.14. The minimum atomic E-state index is -1.20. The molecular formula is C18H16N2O3. The third kappa shape index (κ3) is 2.50. The second-order valence-electron chi connectivity index (χ2n) is 5.39. The zero-order chi connectivity index (χ0) is 16.6. The van der Waals surface area contributed by atoms with Crippen molar-refractivity contribution in [1.82, 2.24) is 9.55 Å². The topological polar surface area (TPSA) is 72.2 Å². The van der Waals surface area contributed by atoms with Crippen molar-refractivity contribution in [3.63, 3.8) is 0 Å². The third-order valence-electron chi connectivity index (χ3n) is 3.97. The number of carboxylic acid groups (broad SMARTS) is 1. The number of aromatic nitrogens is 2. The van der Waals surface area contributed by atoms with E-state index in [1.165, 1.54) is 6.20 Å². The Morgan fingerprint density at radius 3 is 2.52 bits per heavy atom. The van der Waals surface area contributed by atoms with Crippen molar-refractivity contribution in [3.8, 4) is 11.1 Å². The number of hydrogen-bond acceptors (Lipinski definition) is 3. The molecule has 0 fully saturated rings. The average Bonchev–Trinajstić information content (AvgIpc) is 2.55. The van der Waals surface area contributed by atoms with Gasteiger partial charge < -0.3 is 9.67 Å². The van der Waals surface area contributed by atoms with Gasteiger partial charge in [0, 0.05) is 30.5 Å². The molecule has 116 valence electrons. The van der Waals surface area contributed by atoms with Gasteiger partial charge in [-0.15, -0.1) is 0 Å². The molecule has 2 aromatic heterocycles. The first-order valence-corrected chi connectivity index (χ1v) is 7.34. The Labute approximate surface area is 132 Å². The lowest BCUT2D eigenvalue weighted by molar-refractivity contribution is 0.0695. The van der Waals surface area contributed by atoms with E-state index in [2.05, 4.69) is 4.98 Å². The van der Waals surface area contributed by atoms with Crippen LogP contribution < -0.4 is 5.43 Å². The molecule has 5 nitrogen and oxygen atoms in total. The zero-order valence-corrected chi connectivity index (χ0v) is 12.9. The lowest BCUT2D eigenvalue weighted by Crippen LogP contribution is -2.19. The van der Waals surface area contributed by atoms with Gasteiger partial charge >= 0.3 is 5.97 Å². The minimum absolute atomic E-state index is 0.195. The van der Waals surface area contributed by atoms with Gasteiger partial charge in [-0.05, 0) is 48.7 Å². The maximum Gasteiger partial charge on any atom is 0.341 e. The van der Waals surface area contributed by atoms with Crippen LogP contribution in [-0.2, 0) is 6.54 Å². The van der Waals surface area contributed by atoms with Crippen LogP contribution in [0.25, 0.3) is 22.0 Å². The summed E-state index contributed by atoms with van der Waals surface area (Å²) in [4.78, 5) is 27.8. The first-order valence-electron chi connectivity index (χ1n) is 7.34. The molecule has 0 saturated heterocycles. The number of benzene rings is 1. The monoisotopic (exact) mass is 308 g/mol. The number of pyridine rings is 2. The van der Waals surface area contributed by atoms with Gasteiger partial charge in [0.05, 0.1) is 5.52 Å². The highest BCUT2D eigenvalue weighted by Crippen LogP contribution is 2.26. The molecule has 3 rings (SSSR count). The Bertz CT molecular complexity index is 959. The van der Waals surface area contributed by atoms with Gasteiger partial charge in [-0.3, -0.25) is 9.78 Å². The van der Waals surface area contributed by atoms with Crippen LogP contribution in [0.3, 0.4) is 0 Å². The molecular weight excluding hydrogens is 292 g/mol. The van der Waals surface area contributed by atoms with Gasteiger partial charge in [0.25, 0.3) is 0 Å². The summed E-state index contributed by atoms with van der Waals surface area (Å²) in [5.41, 5.74) is 2.86. The standard InChI is InChI=1S/C18H16N2O3/c1-3-20-10-14(18(22)23)17(21)16-11(2)8-13(9-15(16)20)12-4-6-19-7-5-12/h4-10H,3H2,1-2H3,(H,22,23). The predicted molar refractivity (Wildman–Crippen MR) is 88.8 cm³/mol. The number of fused-ring (bicyclic) bond motifs is 1. The molecule has 0 amide bonds. The van der Waals surface area contributed by atoms with Crippen LogP contribution in [-0.4, -0.2) is 20.6 Å². The van der Waals surface area contributed by atoms with Crippen LogP contribution in [0.1, 0.15) is 22.8 Å². The van der Waals surface area contributed by atoms with Gasteiger partial charge in [-0.2, -0.15) is 0 Å². The molecule has 3 aromatic rings. The van der Waals surface area contributed by atoms with E-state index in [4.69, 9.17) is 0 Å². The highest BCUT2D eigenvalue weighted by Gasteiger charge is 2.16. The van der Waals surface area contributed by atoms with Crippen LogP contribution in [0.5, 0.6) is 0 Å². The maximum atomic E-state index is 12.5. The molecule has 23 heavy (non-hydrogen) atoms. The highest BCUT2D eigenvalue weighted by molar-refractivity contribution is 5.95. The van der Waals surface area contributed by atoms with Crippen LogP contribution >= 0.6 is 0 Å². The molecule has 1 N–H and O–H groups in total. The second kappa shape index (κ2) is 5.68. The summed E-state index contributed by atoms with van der Waals surface area (Å²) in [7, 11) is 0. The molecule has 0 bridgehead atoms. The normalized spacial score (nSPS) is 10.9. The van der Waals surface area contributed by atoms with Gasteiger partial charge in [0.1, 0.15) is 5.56 Å². The van der Waals surface area contributed by atoms with Crippen molar-refractivity contribution in [2.75, 3.05) is 0 Å². The number of nitrogens with zero attached hydrogens (tertiary/aromatic N) is 2. The summed E-state index contributed by atoms with van der Waals surface area (Å²) >= 11 is 0. The average molecular weight is 308 g/mol. The summed E-state index contributed by atoms with van der Waals surface area (Å²) in [6.07, 6.45) is 4.85. The van der Waals surface area contributed by atoms with Gasteiger partial charge in [0.2, 0.25) is 5.43 Å². The van der Waals surface area contributed by atoms with E-state index in [1.807, 2.05) is 38.1 Å². The van der Waals surface area contributed by atoms with Crippen molar-refractivity contribution in [3.05, 3.63) is 64.2 Å². The van der Waals surface area contributed by atoms with Gasteiger partial charge in [-0.25, -0.2) is 4.79 Å². The summed E-state index contributed by atoms with van der Waals surface area (Å²) in [6, 6.07) is 7.64. The first kappa shape index (κ1) is 15.0. The number of aryl methyl sites for hydroxylation is 2. The van der Waals surface area contributed by atoms with Crippen LogP contribution in [0, 0.1) is 6.92 Å². The lowest BCUT2D eigenvalue weighted by atomic mass is 9.99. The Kier molecular flexibility index (Phi) is 3.70. The Morgan fingerprint density at radius 1 is 1.22 bits per heavy atom. The van der Waals surface area contributed by atoms with Crippen molar-refractivity contribution in [2.45, 2.75) is 20.4 Å². The van der Waals surface area contributed by atoms with Gasteiger partial charge in [0.15, 0.2) is 0 Å². The van der Waals surface area contributed by atoms with E-state index in [0.29, 0.717) is 11.9 Å². The second-order valence-corrected chi connectivity index (χ2v) is 5.39. The van der Waals surface area contributed by atoms with E-state index in [9.17, 15) is 14.7 Å². The minimum Gasteiger partial charge on any atom is -0.477 e. The number of hydrogen-bond donors (Lipinski definition) is 1. The first-order chi connectivity index (χ1) is 11.0. The molecule has 0 radical (unpaired) electrons.